The summed E-state index contributed by atoms with van der Waals surface area (Å²) in [4.78, 5) is 0. The van der Waals surface area contributed by atoms with Crippen LogP contribution in [0, 0.1) is 11.3 Å². The van der Waals surface area contributed by atoms with Crippen molar-refractivity contribution in [2.75, 3.05) is 18.1 Å². The molecule has 2 fully saturated rings. The lowest BCUT2D eigenvalue weighted by molar-refractivity contribution is -0.116. The van der Waals surface area contributed by atoms with Gasteiger partial charge in [-0.25, -0.2) is 0 Å². The van der Waals surface area contributed by atoms with Crippen LogP contribution in [0.4, 0.5) is 0 Å². The minimum absolute atomic E-state index is 0.0236. The third-order valence-electron chi connectivity index (χ3n) is 4.15. The quantitative estimate of drug-likeness (QED) is 0.837. The first-order chi connectivity index (χ1) is 9.81. The number of benzene rings is 1. The minimum atomic E-state index is 0.0236. The summed E-state index contributed by atoms with van der Waals surface area (Å²) in [7, 11) is 0. The summed E-state index contributed by atoms with van der Waals surface area (Å²) in [5.41, 5.74) is 0.641. The van der Waals surface area contributed by atoms with Crippen LogP contribution < -0.4 is 4.74 Å². The zero-order valence-corrected chi connectivity index (χ0v) is 12.3. The Morgan fingerprint density at radius 2 is 2.10 bits per heavy atom. The topological polar surface area (TPSA) is 42.2 Å². The molecule has 3 nitrogen and oxygen atoms in total. The number of rotatable bonds is 2. The zero-order chi connectivity index (χ0) is 13.8. The van der Waals surface area contributed by atoms with Crippen LogP contribution in [-0.4, -0.2) is 29.8 Å². The van der Waals surface area contributed by atoms with Gasteiger partial charge in [0.25, 0.3) is 0 Å². The molecule has 2 aliphatic rings. The average molecular weight is 289 g/mol. The van der Waals surface area contributed by atoms with Gasteiger partial charge in [0.2, 0.25) is 0 Å². The molecule has 0 saturated carbocycles. The molecule has 3 rings (SSSR count). The van der Waals surface area contributed by atoms with Gasteiger partial charge in [-0.05, 0) is 36.5 Å². The Morgan fingerprint density at radius 3 is 2.90 bits per heavy atom. The number of hydrogen-bond acceptors (Lipinski definition) is 4. The fourth-order valence-electron chi connectivity index (χ4n) is 3.02. The zero-order valence-electron chi connectivity index (χ0n) is 11.5. The second kappa shape index (κ2) is 6.07. The lowest BCUT2D eigenvalue weighted by Gasteiger charge is -2.43. The summed E-state index contributed by atoms with van der Waals surface area (Å²) >= 11 is 2.01. The molecule has 2 saturated heterocycles. The SMILES string of the molecule is N#Cc1ccccc1OC1CCOC2(CCSCC2)C1. The summed E-state index contributed by atoms with van der Waals surface area (Å²) in [6, 6.07) is 9.68. The highest BCUT2D eigenvalue weighted by Crippen LogP contribution is 2.38. The van der Waals surface area contributed by atoms with E-state index in [0.29, 0.717) is 11.3 Å². The number of para-hydroxylation sites is 1. The first-order valence-electron chi connectivity index (χ1n) is 7.19. The van der Waals surface area contributed by atoms with Gasteiger partial charge in [0.15, 0.2) is 0 Å². The maximum absolute atomic E-state index is 9.13. The van der Waals surface area contributed by atoms with Crippen molar-refractivity contribution in [3.63, 3.8) is 0 Å². The summed E-state index contributed by atoms with van der Waals surface area (Å²) in [5, 5.41) is 9.13. The van der Waals surface area contributed by atoms with E-state index in [-0.39, 0.29) is 11.7 Å². The van der Waals surface area contributed by atoms with Crippen LogP contribution in [0.25, 0.3) is 0 Å². The maximum Gasteiger partial charge on any atom is 0.137 e. The molecule has 0 aromatic heterocycles. The molecule has 1 unspecified atom stereocenters. The second-order valence-electron chi connectivity index (χ2n) is 5.48. The lowest BCUT2D eigenvalue weighted by Crippen LogP contribution is -2.46. The van der Waals surface area contributed by atoms with Crippen molar-refractivity contribution in [2.24, 2.45) is 0 Å². The van der Waals surface area contributed by atoms with E-state index in [1.165, 1.54) is 11.5 Å². The largest absolute Gasteiger partial charge is 0.489 e. The van der Waals surface area contributed by atoms with Crippen molar-refractivity contribution < 1.29 is 9.47 Å². The van der Waals surface area contributed by atoms with Gasteiger partial charge in [-0.15, -0.1) is 0 Å². The van der Waals surface area contributed by atoms with E-state index in [0.717, 1.165) is 32.3 Å². The van der Waals surface area contributed by atoms with Crippen molar-refractivity contribution >= 4 is 11.8 Å². The van der Waals surface area contributed by atoms with Gasteiger partial charge in [-0.3, -0.25) is 0 Å². The van der Waals surface area contributed by atoms with Crippen molar-refractivity contribution in [1.29, 1.82) is 5.26 Å². The number of nitriles is 1. The van der Waals surface area contributed by atoms with E-state index in [1.54, 1.807) is 0 Å². The molecule has 1 spiro atoms. The number of nitrogens with zero attached hydrogens (tertiary/aromatic N) is 1. The van der Waals surface area contributed by atoms with Crippen LogP contribution in [0.3, 0.4) is 0 Å². The molecule has 106 valence electrons. The first-order valence-corrected chi connectivity index (χ1v) is 8.34. The average Bonchev–Trinajstić information content (AvgIpc) is 2.49. The Balaban J connectivity index is 1.70. The first kappa shape index (κ1) is 13.8. The van der Waals surface area contributed by atoms with Crippen molar-refractivity contribution in [3.8, 4) is 11.8 Å². The van der Waals surface area contributed by atoms with Gasteiger partial charge in [-0.2, -0.15) is 17.0 Å². The minimum Gasteiger partial charge on any atom is -0.489 e. The van der Waals surface area contributed by atoms with Gasteiger partial charge in [0, 0.05) is 12.8 Å². The van der Waals surface area contributed by atoms with Crippen LogP contribution in [0.1, 0.15) is 31.2 Å². The number of ether oxygens (including phenoxy) is 2. The highest BCUT2D eigenvalue weighted by atomic mass is 32.2. The lowest BCUT2D eigenvalue weighted by atomic mass is 9.86. The van der Waals surface area contributed by atoms with Gasteiger partial charge >= 0.3 is 0 Å². The van der Waals surface area contributed by atoms with Gasteiger partial charge in [0.1, 0.15) is 17.9 Å². The van der Waals surface area contributed by atoms with Crippen LogP contribution >= 0.6 is 11.8 Å². The molecular formula is C16H19NO2S. The molecule has 0 amide bonds. The number of hydrogen-bond donors (Lipinski definition) is 0. The van der Waals surface area contributed by atoms with Crippen LogP contribution in [0.2, 0.25) is 0 Å². The normalized spacial score (nSPS) is 25.1. The summed E-state index contributed by atoms with van der Waals surface area (Å²) in [6.07, 6.45) is 4.28. The van der Waals surface area contributed by atoms with E-state index in [2.05, 4.69) is 6.07 Å². The molecular weight excluding hydrogens is 270 g/mol. The molecule has 0 bridgehead atoms. The molecule has 0 aliphatic carbocycles. The predicted molar refractivity (Wildman–Crippen MR) is 80.0 cm³/mol. The highest BCUT2D eigenvalue weighted by molar-refractivity contribution is 7.99. The monoisotopic (exact) mass is 289 g/mol. The van der Waals surface area contributed by atoms with Crippen molar-refractivity contribution in [3.05, 3.63) is 29.8 Å². The van der Waals surface area contributed by atoms with E-state index < -0.39 is 0 Å². The molecule has 0 radical (unpaired) electrons. The summed E-state index contributed by atoms with van der Waals surface area (Å²) < 4.78 is 12.2. The van der Waals surface area contributed by atoms with E-state index in [4.69, 9.17) is 14.7 Å². The van der Waals surface area contributed by atoms with Crippen LogP contribution in [-0.2, 0) is 4.74 Å². The van der Waals surface area contributed by atoms with Gasteiger partial charge < -0.3 is 9.47 Å². The second-order valence-corrected chi connectivity index (χ2v) is 6.71. The molecule has 4 heteroatoms. The smallest absolute Gasteiger partial charge is 0.137 e. The maximum atomic E-state index is 9.13. The standard InChI is InChI=1S/C16H19NO2S/c17-12-13-3-1-2-4-15(13)19-14-5-8-18-16(11-14)6-9-20-10-7-16/h1-4,14H,5-11H2. The highest BCUT2D eigenvalue weighted by Gasteiger charge is 2.39. The van der Waals surface area contributed by atoms with Crippen molar-refractivity contribution in [2.45, 2.75) is 37.4 Å². The molecule has 1 atom stereocenters. The fourth-order valence-corrected chi connectivity index (χ4v) is 4.25. The van der Waals surface area contributed by atoms with Gasteiger partial charge in [0.05, 0.1) is 17.8 Å². The molecule has 0 N–H and O–H groups in total. The summed E-state index contributed by atoms with van der Waals surface area (Å²) in [6.45, 7) is 0.768. The molecule has 2 heterocycles. The van der Waals surface area contributed by atoms with Gasteiger partial charge in [-0.1, -0.05) is 12.1 Å². The Kier molecular flexibility index (Phi) is 4.18. The number of thioether (sulfide) groups is 1. The Bertz CT molecular complexity index is 500. The predicted octanol–water partition coefficient (Wildman–Crippen LogP) is 3.38. The molecule has 20 heavy (non-hydrogen) atoms. The van der Waals surface area contributed by atoms with Crippen LogP contribution in [0.5, 0.6) is 5.75 Å². The van der Waals surface area contributed by atoms with E-state index >= 15 is 0 Å². The summed E-state index contributed by atoms with van der Waals surface area (Å²) in [5.74, 6) is 3.07. The molecule has 1 aromatic rings. The van der Waals surface area contributed by atoms with E-state index in [9.17, 15) is 0 Å². The third kappa shape index (κ3) is 2.94. The fraction of sp³-hybridized carbons (Fsp3) is 0.562. The third-order valence-corrected chi connectivity index (χ3v) is 5.14. The molecule has 2 aliphatic heterocycles. The Labute approximate surface area is 124 Å². The van der Waals surface area contributed by atoms with Crippen molar-refractivity contribution in [1.82, 2.24) is 0 Å². The molecule has 1 aromatic carbocycles. The Hall–Kier alpha value is -1.18. The Morgan fingerprint density at radius 1 is 1.30 bits per heavy atom. The van der Waals surface area contributed by atoms with Crippen LogP contribution in [0.15, 0.2) is 24.3 Å². The van der Waals surface area contributed by atoms with E-state index in [1.807, 2.05) is 36.0 Å².